The molecule has 0 spiro atoms. The molecule has 0 aliphatic carbocycles. The lowest BCUT2D eigenvalue weighted by molar-refractivity contribution is 0.886. The molecule has 22 heavy (non-hydrogen) atoms. The van der Waals surface area contributed by atoms with Crippen LogP contribution in [0.1, 0.15) is 29.6 Å². The van der Waals surface area contributed by atoms with Crippen molar-refractivity contribution in [3.05, 3.63) is 53.1 Å². The van der Waals surface area contributed by atoms with E-state index < -0.39 is 0 Å². The molecule has 114 valence electrons. The van der Waals surface area contributed by atoms with Crippen molar-refractivity contribution in [3.63, 3.8) is 0 Å². The number of aryl methyl sites for hydroxylation is 4. The number of hydrogen-bond acceptors (Lipinski definition) is 3. The van der Waals surface area contributed by atoms with E-state index in [4.69, 9.17) is 0 Å². The number of hydrogen-bond donors (Lipinski definition) is 1. The van der Waals surface area contributed by atoms with Crippen LogP contribution >= 0.6 is 0 Å². The molecule has 0 saturated carbocycles. The van der Waals surface area contributed by atoms with Crippen molar-refractivity contribution in [1.82, 2.24) is 14.5 Å². The summed E-state index contributed by atoms with van der Waals surface area (Å²) in [6, 6.07) is 8.44. The summed E-state index contributed by atoms with van der Waals surface area (Å²) in [6.07, 6.45) is 2.88. The van der Waals surface area contributed by atoms with Gasteiger partial charge >= 0.3 is 0 Å². The van der Waals surface area contributed by atoms with Gasteiger partial charge in [0.1, 0.15) is 11.3 Å². The van der Waals surface area contributed by atoms with Crippen molar-refractivity contribution < 1.29 is 0 Å². The van der Waals surface area contributed by atoms with E-state index in [1.54, 1.807) is 0 Å². The Kier molecular flexibility index (Phi) is 3.84. The maximum atomic E-state index is 4.65. The Balaban J connectivity index is 1.94. The van der Waals surface area contributed by atoms with Gasteiger partial charge in [0.2, 0.25) is 0 Å². The van der Waals surface area contributed by atoms with Crippen molar-refractivity contribution in [2.24, 2.45) is 7.05 Å². The zero-order valence-electron chi connectivity index (χ0n) is 13.6. The Morgan fingerprint density at radius 1 is 1.18 bits per heavy atom. The fraction of sp³-hybridized carbons (Fsp3) is 0.333. The number of nitrogens with one attached hydrogen (secondary N) is 1. The standard InChI is InChI=1S/C18H22N4/c1-5-14-8-6-7-12(2)17(14)20-11-15-18-16(9-10-19-15)22(4)13(3)21-18/h6-10,20H,5,11H2,1-4H3. The second-order valence-electron chi connectivity index (χ2n) is 5.66. The molecule has 2 aromatic heterocycles. The predicted octanol–water partition coefficient (Wildman–Crippen LogP) is 3.76. The number of para-hydroxylation sites is 1. The van der Waals surface area contributed by atoms with E-state index in [9.17, 15) is 0 Å². The van der Waals surface area contributed by atoms with Gasteiger partial charge in [0.05, 0.1) is 17.8 Å². The summed E-state index contributed by atoms with van der Waals surface area (Å²) in [7, 11) is 2.04. The SMILES string of the molecule is CCc1cccc(C)c1NCc1nccc2c1nc(C)n2C. The highest BCUT2D eigenvalue weighted by atomic mass is 15.1. The molecule has 0 atom stereocenters. The number of nitrogens with zero attached hydrogens (tertiary/aromatic N) is 3. The largest absolute Gasteiger partial charge is 0.379 e. The summed E-state index contributed by atoms with van der Waals surface area (Å²) >= 11 is 0. The topological polar surface area (TPSA) is 42.7 Å². The van der Waals surface area contributed by atoms with Crippen molar-refractivity contribution in [3.8, 4) is 0 Å². The first kappa shape index (κ1) is 14.6. The third-order valence-electron chi connectivity index (χ3n) is 4.27. The smallest absolute Gasteiger partial charge is 0.112 e. The average Bonchev–Trinajstić information content (AvgIpc) is 2.82. The van der Waals surface area contributed by atoms with Crippen LogP contribution in [0.5, 0.6) is 0 Å². The van der Waals surface area contributed by atoms with E-state index in [1.807, 2.05) is 26.2 Å². The van der Waals surface area contributed by atoms with E-state index in [2.05, 4.69) is 51.9 Å². The van der Waals surface area contributed by atoms with Gasteiger partial charge in [-0.05, 0) is 37.5 Å². The molecule has 1 aromatic carbocycles. The zero-order chi connectivity index (χ0) is 15.7. The van der Waals surface area contributed by atoms with Crippen LogP contribution in [0.15, 0.2) is 30.5 Å². The Hall–Kier alpha value is -2.36. The summed E-state index contributed by atoms with van der Waals surface area (Å²) < 4.78 is 2.10. The first-order valence-corrected chi connectivity index (χ1v) is 7.71. The summed E-state index contributed by atoms with van der Waals surface area (Å²) in [6.45, 7) is 7.03. The number of fused-ring (bicyclic) bond motifs is 1. The quantitative estimate of drug-likeness (QED) is 0.796. The molecule has 4 heteroatoms. The number of rotatable bonds is 4. The van der Waals surface area contributed by atoms with Crippen LogP contribution in [0.4, 0.5) is 5.69 Å². The van der Waals surface area contributed by atoms with Crippen LogP contribution in [0.3, 0.4) is 0 Å². The molecule has 1 N–H and O–H groups in total. The van der Waals surface area contributed by atoms with Crippen molar-refractivity contribution >= 4 is 16.7 Å². The van der Waals surface area contributed by atoms with Crippen LogP contribution in [-0.2, 0) is 20.0 Å². The third kappa shape index (κ3) is 2.45. The van der Waals surface area contributed by atoms with Gasteiger partial charge in [-0.25, -0.2) is 4.98 Å². The highest BCUT2D eigenvalue weighted by Gasteiger charge is 2.11. The second-order valence-corrected chi connectivity index (χ2v) is 5.66. The molecule has 0 bridgehead atoms. The summed E-state index contributed by atoms with van der Waals surface area (Å²) in [5.74, 6) is 1.01. The molecular weight excluding hydrogens is 272 g/mol. The average molecular weight is 294 g/mol. The number of pyridine rings is 1. The first-order chi connectivity index (χ1) is 10.6. The van der Waals surface area contributed by atoms with Gasteiger partial charge in [0, 0.05) is 18.9 Å². The fourth-order valence-electron chi connectivity index (χ4n) is 2.87. The molecule has 0 saturated heterocycles. The van der Waals surface area contributed by atoms with Crippen LogP contribution in [0.25, 0.3) is 11.0 Å². The third-order valence-corrected chi connectivity index (χ3v) is 4.27. The molecule has 3 aromatic rings. The highest BCUT2D eigenvalue weighted by Crippen LogP contribution is 2.23. The molecule has 0 aliphatic rings. The maximum absolute atomic E-state index is 4.65. The lowest BCUT2D eigenvalue weighted by atomic mass is 10.1. The van der Waals surface area contributed by atoms with Gasteiger partial charge < -0.3 is 9.88 Å². The monoisotopic (exact) mass is 294 g/mol. The molecule has 0 amide bonds. The zero-order valence-corrected chi connectivity index (χ0v) is 13.6. The molecular formula is C18H22N4. The molecule has 3 rings (SSSR count). The van der Waals surface area contributed by atoms with Crippen LogP contribution < -0.4 is 5.32 Å². The summed E-state index contributed by atoms with van der Waals surface area (Å²) in [5.41, 5.74) is 6.93. The van der Waals surface area contributed by atoms with E-state index in [0.29, 0.717) is 6.54 Å². The number of anilines is 1. The van der Waals surface area contributed by atoms with Crippen LogP contribution in [0.2, 0.25) is 0 Å². The molecule has 0 radical (unpaired) electrons. The van der Waals surface area contributed by atoms with Gasteiger partial charge in [0.25, 0.3) is 0 Å². The number of aromatic nitrogens is 3. The van der Waals surface area contributed by atoms with E-state index in [-0.39, 0.29) is 0 Å². The minimum atomic E-state index is 0.686. The maximum Gasteiger partial charge on any atom is 0.112 e. The molecule has 4 nitrogen and oxygen atoms in total. The Labute approximate surface area is 131 Å². The van der Waals surface area contributed by atoms with Gasteiger partial charge in [-0.2, -0.15) is 0 Å². The second kappa shape index (κ2) is 5.79. The molecule has 0 aliphatic heterocycles. The predicted molar refractivity (Wildman–Crippen MR) is 91.1 cm³/mol. The van der Waals surface area contributed by atoms with Crippen molar-refractivity contribution in [1.29, 1.82) is 0 Å². The summed E-state index contributed by atoms with van der Waals surface area (Å²) in [5, 5.41) is 3.56. The van der Waals surface area contributed by atoms with Gasteiger partial charge in [-0.15, -0.1) is 0 Å². The molecule has 0 fully saturated rings. The van der Waals surface area contributed by atoms with E-state index >= 15 is 0 Å². The van der Waals surface area contributed by atoms with Crippen LogP contribution in [0, 0.1) is 13.8 Å². The van der Waals surface area contributed by atoms with Crippen molar-refractivity contribution in [2.45, 2.75) is 33.7 Å². The normalized spacial score (nSPS) is 11.1. The highest BCUT2D eigenvalue weighted by molar-refractivity contribution is 5.78. The van der Waals surface area contributed by atoms with Gasteiger partial charge in [0.15, 0.2) is 0 Å². The number of benzene rings is 1. The van der Waals surface area contributed by atoms with Gasteiger partial charge in [-0.3, -0.25) is 4.98 Å². The van der Waals surface area contributed by atoms with E-state index in [1.165, 1.54) is 16.8 Å². The first-order valence-electron chi connectivity index (χ1n) is 7.71. The Bertz CT molecular complexity index is 817. The van der Waals surface area contributed by atoms with Crippen molar-refractivity contribution in [2.75, 3.05) is 5.32 Å². The molecule has 0 unspecified atom stereocenters. The minimum Gasteiger partial charge on any atom is -0.379 e. The fourth-order valence-corrected chi connectivity index (χ4v) is 2.87. The Morgan fingerprint density at radius 3 is 2.77 bits per heavy atom. The van der Waals surface area contributed by atoms with Gasteiger partial charge in [-0.1, -0.05) is 25.1 Å². The lowest BCUT2D eigenvalue weighted by Gasteiger charge is -2.14. The Morgan fingerprint density at radius 2 is 2.00 bits per heavy atom. The number of imidazole rings is 1. The lowest BCUT2D eigenvalue weighted by Crippen LogP contribution is -2.06. The molecule has 2 heterocycles. The summed E-state index contributed by atoms with van der Waals surface area (Å²) in [4.78, 5) is 9.17. The minimum absolute atomic E-state index is 0.686. The van der Waals surface area contributed by atoms with Crippen LogP contribution in [-0.4, -0.2) is 14.5 Å². The van der Waals surface area contributed by atoms with E-state index in [0.717, 1.165) is 29.0 Å².